The standard InChI is InChI=1S/C13H26N2O3/c1-13(4-6-14-7-5-13)12(16)15(8-10-17-2)9-11-18-3/h14H,4-11H2,1-3H3. The number of rotatable bonds is 7. The molecule has 0 aromatic rings. The van der Waals surface area contributed by atoms with Crippen molar-refractivity contribution < 1.29 is 14.3 Å². The van der Waals surface area contributed by atoms with Gasteiger partial charge in [-0.3, -0.25) is 4.79 Å². The first kappa shape index (κ1) is 15.4. The third kappa shape index (κ3) is 4.23. The quantitative estimate of drug-likeness (QED) is 0.722. The van der Waals surface area contributed by atoms with Crippen molar-refractivity contribution in [3.63, 3.8) is 0 Å². The average molecular weight is 258 g/mol. The summed E-state index contributed by atoms with van der Waals surface area (Å²) in [6, 6.07) is 0. The van der Waals surface area contributed by atoms with Crippen LogP contribution >= 0.6 is 0 Å². The number of hydrogen-bond donors (Lipinski definition) is 1. The predicted octanol–water partition coefficient (Wildman–Crippen LogP) is 0.498. The molecule has 1 heterocycles. The van der Waals surface area contributed by atoms with Crippen molar-refractivity contribution in [2.24, 2.45) is 5.41 Å². The van der Waals surface area contributed by atoms with Crippen molar-refractivity contribution in [3.8, 4) is 0 Å². The fourth-order valence-corrected chi connectivity index (χ4v) is 2.29. The van der Waals surface area contributed by atoms with Crippen LogP contribution in [0.5, 0.6) is 0 Å². The second-order valence-corrected chi connectivity index (χ2v) is 5.09. The van der Waals surface area contributed by atoms with Crippen LogP contribution in [-0.2, 0) is 14.3 Å². The Morgan fingerprint density at radius 3 is 2.11 bits per heavy atom. The van der Waals surface area contributed by atoms with Gasteiger partial charge in [0.25, 0.3) is 0 Å². The summed E-state index contributed by atoms with van der Waals surface area (Å²) in [5.74, 6) is 0.234. The van der Waals surface area contributed by atoms with Crippen molar-refractivity contribution in [1.82, 2.24) is 10.2 Å². The van der Waals surface area contributed by atoms with E-state index in [4.69, 9.17) is 9.47 Å². The Morgan fingerprint density at radius 2 is 1.67 bits per heavy atom. The lowest BCUT2D eigenvalue weighted by Crippen LogP contribution is -2.49. The number of piperidine rings is 1. The van der Waals surface area contributed by atoms with Gasteiger partial charge in [-0.05, 0) is 25.9 Å². The van der Waals surface area contributed by atoms with Crippen LogP contribution in [0, 0.1) is 5.41 Å². The molecule has 1 saturated heterocycles. The number of methoxy groups -OCH3 is 2. The first-order chi connectivity index (χ1) is 8.64. The highest BCUT2D eigenvalue weighted by atomic mass is 16.5. The zero-order valence-corrected chi connectivity index (χ0v) is 11.8. The summed E-state index contributed by atoms with van der Waals surface area (Å²) in [5, 5.41) is 3.30. The van der Waals surface area contributed by atoms with Crippen LogP contribution in [0.4, 0.5) is 0 Å². The predicted molar refractivity (Wildman–Crippen MR) is 70.5 cm³/mol. The smallest absolute Gasteiger partial charge is 0.228 e. The first-order valence-electron chi connectivity index (χ1n) is 6.62. The molecule has 0 radical (unpaired) electrons. The van der Waals surface area contributed by atoms with Gasteiger partial charge in [0.1, 0.15) is 0 Å². The average Bonchev–Trinajstić information content (AvgIpc) is 2.39. The zero-order chi connectivity index (χ0) is 13.4. The zero-order valence-electron chi connectivity index (χ0n) is 11.8. The maximum Gasteiger partial charge on any atom is 0.228 e. The Labute approximate surface area is 110 Å². The van der Waals surface area contributed by atoms with Gasteiger partial charge in [-0.25, -0.2) is 0 Å². The SMILES string of the molecule is COCCN(CCOC)C(=O)C1(C)CCNCC1. The highest BCUT2D eigenvalue weighted by Gasteiger charge is 2.37. The molecule has 1 aliphatic rings. The van der Waals surface area contributed by atoms with Crippen LogP contribution in [0.1, 0.15) is 19.8 Å². The van der Waals surface area contributed by atoms with E-state index < -0.39 is 0 Å². The topological polar surface area (TPSA) is 50.8 Å². The van der Waals surface area contributed by atoms with E-state index in [1.165, 1.54) is 0 Å². The molecule has 5 nitrogen and oxygen atoms in total. The summed E-state index contributed by atoms with van der Waals surface area (Å²) >= 11 is 0. The molecule has 1 amide bonds. The molecule has 0 aliphatic carbocycles. The van der Waals surface area contributed by atoms with Gasteiger partial charge in [0.05, 0.1) is 13.2 Å². The minimum atomic E-state index is -0.229. The Balaban J connectivity index is 2.60. The van der Waals surface area contributed by atoms with Gasteiger partial charge in [0, 0.05) is 32.7 Å². The number of hydrogen-bond acceptors (Lipinski definition) is 4. The molecular formula is C13H26N2O3. The number of carbonyl (C=O) groups excluding carboxylic acids is 1. The van der Waals surface area contributed by atoms with Crippen LogP contribution in [-0.4, -0.2) is 64.4 Å². The number of ether oxygens (including phenoxy) is 2. The van der Waals surface area contributed by atoms with Crippen LogP contribution in [0.25, 0.3) is 0 Å². The van der Waals surface area contributed by atoms with E-state index in [0.29, 0.717) is 26.3 Å². The molecule has 1 N–H and O–H groups in total. The molecule has 106 valence electrons. The van der Waals surface area contributed by atoms with E-state index in [0.717, 1.165) is 25.9 Å². The fourth-order valence-electron chi connectivity index (χ4n) is 2.29. The summed E-state index contributed by atoms with van der Waals surface area (Å²) in [6.45, 7) is 6.34. The van der Waals surface area contributed by atoms with Crippen LogP contribution in [0.15, 0.2) is 0 Å². The van der Waals surface area contributed by atoms with Gasteiger partial charge in [-0.2, -0.15) is 0 Å². The van der Waals surface area contributed by atoms with Gasteiger partial charge in [-0.1, -0.05) is 6.92 Å². The van der Waals surface area contributed by atoms with Crippen molar-refractivity contribution >= 4 is 5.91 Å². The molecule has 0 unspecified atom stereocenters. The highest BCUT2D eigenvalue weighted by molar-refractivity contribution is 5.82. The largest absolute Gasteiger partial charge is 0.383 e. The van der Waals surface area contributed by atoms with Crippen LogP contribution in [0.2, 0.25) is 0 Å². The summed E-state index contributed by atoms with van der Waals surface area (Å²) in [6.07, 6.45) is 1.81. The second kappa shape index (κ2) is 7.71. The second-order valence-electron chi connectivity index (χ2n) is 5.09. The molecule has 0 atom stereocenters. The summed E-state index contributed by atoms with van der Waals surface area (Å²) in [4.78, 5) is 14.5. The van der Waals surface area contributed by atoms with Crippen molar-refractivity contribution in [2.75, 3.05) is 53.6 Å². The number of nitrogens with zero attached hydrogens (tertiary/aromatic N) is 1. The van der Waals surface area contributed by atoms with Gasteiger partial charge in [-0.15, -0.1) is 0 Å². The summed E-state index contributed by atoms with van der Waals surface area (Å²) in [7, 11) is 3.32. The van der Waals surface area contributed by atoms with E-state index in [2.05, 4.69) is 12.2 Å². The lowest BCUT2D eigenvalue weighted by Gasteiger charge is -2.37. The maximum absolute atomic E-state index is 12.6. The van der Waals surface area contributed by atoms with Crippen molar-refractivity contribution in [2.45, 2.75) is 19.8 Å². The minimum absolute atomic E-state index is 0.229. The van der Waals surface area contributed by atoms with Gasteiger partial charge >= 0.3 is 0 Å². The summed E-state index contributed by atoms with van der Waals surface area (Å²) in [5.41, 5.74) is -0.229. The van der Waals surface area contributed by atoms with Crippen LogP contribution < -0.4 is 5.32 Å². The molecule has 5 heteroatoms. The van der Waals surface area contributed by atoms with Gasteiger partial charge in [0.15, 0.2) is 0 Å². The Kier molecular flexibility index (Phi) is 6.60. The van der Waals surface area contributed by atoms with Crippen LogP contribution in [0.3, 0.4) is 0 Å². The number of carbonyl (C=O) groups is 1. The van der Waals surface area contributed by atoms with Gasteiger partial charge < -0.3 is 19.7 Å². The fraction of sp³-hybridized carbons (Fsp3) is 0.923. The third-order valence-electron chi connectivity index (χ3n) is 3.64. The minimum Gasteiger partial charge on any atom is -0.383 e. The van der Waals surface area contributed by atoms with E-state index in [1.54, 1.807) is 14.2 Å². The number of nitrogens with one attached hydrogen (secondary N) is 1. The molecule has 0 saturated carbocycles. The lowest BCUT2D eigenvalue weighted by molar-refractivity contribution is -0.144. The molecular weight excluding hydrogens is 232 g/mol. The van der Waals surface area contributed by atoms with E-state index in [9.17, 15) is 4.79 Å². The van der Waals surface area contributed by atoms with Crippen molar-refractivity contribution in [3.05, 3.63) is 0 Å². The molecule has 1 fully saturated rings. The van der Waals surface area contributed by atoms with Gasteiger partial charge in [0.2, 0.25) is 5.91 Å². The molecule has 18 heavy (non-hydrogen) atoms. The third-order valence-corrected chi connectivity index (χ3v) is 3.64. The van der Waals surface area contributed by atoms with Crippen molar-refractivity contribution in [1.29, 1.82) is 0 Å². The van der Waals surface area contributed by atoms with E-state index in [-0.39, 0.29) is 11.3 Å². The summed E-state index contributed by atoms with van der Waals surface area (Å²) < 4.78 is 10.2. The Bertz CT molecular complexity index is 245. The highest BCUT2D eigenvalue weighted by Crippen LogP contribution is 2.30. The molecule has 0 aromatic carbocycles. The molecule has 1 rings (SSSR count). The molecule has 0 aromatic heterocycles. The number of amides is 1. The Hall–Kier alpha value is -0.650. The Morgan fingerprint density at radius 1 is 1.17 bits per heavy atom. The molecule has 1 aliphatic heterocycles. The van der Waals surface area contributed by atoms with E-state index in [1.807, 2.05) is 4.90 Å². The monoisotopic (exact) mass is 258 g/mol. The molecule has 0 bridgehead atoms. The van der Waals surface area contributed by atoms with E-state index >= 15 is 0 Å². The molecule has 0 spiro atoms. The first-order valence-corrected chi connectivity index (χ1v) is 6.62. The maximum atomic E-state index is 12.6. The normalized spacial score (nSPS) is 18.6. The lowest BCUT2D eigenvalue weighted by atomic mass is 9.79.